The Morgan fingerprint density at radius 3 is 2.62 bits per heavy atom. The van der Waals surface area contributed by atoms with E-state index in [1.54, 1.807) is 18.3 Å². The Labute approximate surface area is 90.0 Å². The van der Waals surface area contributed by atoms with Crippen LogP contribution in [0.25, 0.3) is 0 Å². The lowest BCUT2D eigenvalue weighted by molar-refractivity contribution is -0.115. The van der Waals surface area contributed by atoms with Gasteiger partial charge >= 0.3 is 0 Å². The molecule has 0 spiro atoms. The largest absolute Gasteiger partial charge is 0.321 e. The smallest absolute Gasteiger partial charge is 0.276 e. The van der Waals surface area contributed by atoms with Crippen LogP contribution in [0, 0.1) is 0 Å². The Morgan fingerprint density at radius 1 is 1.46 bits per heavy atom. The van der Waals surface area contributed by atoms with Crippen molar-refractivity contribution < 1.29 is 4.79 Å². The molecule has 6 heteroatoms. The van der Waals surface area contributed by atoms with E-state index in [0.717, 1.165) is 0 Å². The maximum Gasteiger partial charge on any atom is 0.276 e. The van der Waals surface area contributed by atoms with E-state index in [1.807, 2.05) is 0 Å². The fourth-order valence-corrected chi connectivity index (χ4v) is 0.780. The van der Waals surface area contributed by atoms with E-state index in [0.29, 0.717) is 5.69 Å². The van der Waals surface area contributed by atoms with E-state index >= 15 is 0 Å². The zero-order valence-electron chi connectivity index (χ0n) is 6.30. The monoisotopic (exact) mass is 238 g/mol. The van der Waals surface area contributed by atoms with Crippen LogP contribution in [0.15, 0.2) is 24.5 Å². The Bertz CT molecular complexity index is 296. The predicted molar refractivity (Wildman–Crippen MR) is 53.2 cm³/mol. The average Bonchev–Trinajstić information content (AvgIpc) is 2.04. The van der Waals surface area contributed by atoms with E-state index < -0.39 is 9.70 Å². The molecule has 0 saturated carbocycles. The molecule has 1 aromatic rings. The van der Waals surface area contributed by atoms with Crippen molar-refractivity contribution in [1.29, 1.82) is 0 Å². The van der Waals surface area contributed by atoms with Gasteiger partial charge in [0.15, 0.2) is 0 Å². The molecule has 70 valence electrons. The van der Waals surface area contributed by atoms with Gasteiger partial charge in [-0.25, -0.2) is 0 Å². The van der Waals surface area contributed by atoms with Crippen molar-refractivity contribution in [2.45, 2.75) is 3.79 Å². The molecule has 1 amide bonds. The highest BCUT2D eigenvalue weighted by Gasteiger charge is 2.30. The van der Waals surface area contributed by atoms with Gasteiger partial charge in [-0.1, -0.05) is 34.8 Å². The molecule has 0 fully saturated rings. The summed E-state index contributed by atoms with van der Waals surface area (Å²) in [5.74, 6) is -0.703. The van der Waals surface area contributed by atoms with Crippen molar-refractivity contribution in [2.75, 3.05) is 5.32 Å². The zero-order chi connectivity index (χ0) is 9.90. The third-order valence-electron chi connectivity index (χ3n) is 1.18. The normalized spacial score (nSPS) is 11.0. The van der Waals surface area contributed by atoms with Gasteiger partial charge < -0.3 is 5.32 Å². The van der Waals surface area contributed by atoms with E-state index in [2.05, 4.69) is 10.3 Å². The molecule has 0 saturated heterocycles. The molecular formula is C7H5Cl3N2O. The van der Waals surface area contributed by atoms with Crippen molar-refractivity contribution in [3.63, 3.8) is 0 Å². The van der Waals surface area contributed by atoms with Crippen LogP contribution in [0.3, 0.4) is 0 Å². The number of hydrogen-bond donors (Lipinski definition) is 1. The second kappa shape index (κ2) is 4.13. The van der Waals surface area contributed by atoms with E-state index in [4.69, 9.17) is 34.8 Å². The number of anilines is 1. The molecular weight excluding hydrogens is 234 g/mol. The number of alkyl halides is 3. The number of nitrogens with one attached hydrogen (secondary N) is 1. The Kier molecular flexibility index (Phi) is 3.36. The fraction of sp³-hybridized carbons (Fsp3) is 0.143. The number of halogens is 3. The topological polar surface area (TPSA) is 42.0 Å². The highest BCUT2D eigenvalue weighted by atomic mass is 35.6. The summed E-state index contributed by atoms with van der Waals surface area (Å²) in [4.78, 5) is 14.9. The molecule has 13 heavy (non-hydrogen) atoms. The quantitative estimate of drug-likeness (QED) is 0.765. The molecule has 3 nitrogen and oxygen atoms in total. The minimum absolute atomic E-state index is 0.485. The highest BCUT2D eigenvalue weighted by molar-refractivity contribution is 6.76. The second-order valence-electron chi connectivity index (χ2n) is 2.19. The first kappa shape index (κ1) is 10.6. The van der Waals surface area contributed by atoms with Gasteiger partial charge in [0.2, 0.25) is 0 Å². The third kappa shape index (κ3) is 3.38. The molecule has 1 heterocycles. The Morgan fingerprint density at radius 2 is 2.15 bits per heavy atom. The van der Waals surface area contributed by atoms with Crippen molar-refractivity contribution in [3.05, 3.63) is 24.5 Å². The predicted octanol–water partition coefficient (Wildman–Crippen LogP) is 2.39. The van der Waals surface area contributed by atoms with Crippen LogP contribution in [0.1, 0.15) is 0 Å². The number of carbonyl (C=O) groups is 1. The molecule has 1 N–H and O–H groups in total. The summed E-state index contributed by atoms with van der Waals surface area (Å²) in [6.45, 7) is 0. The number of amides is 1. The van der Waals surface area contributed by atoms with E-state index in [9.17, 15) is 4.79 Å². The summed E-state index contributed by atoms with van der Waals surface area (Å²) in [6, 6.07) is 3.30. The number of carbonyl (C=O) groups excluding carboxylic acids is 1. The molecule has 0 unspecified atom stereocenters. The van der Waals surface area contributed by atoms with Crippen LogP contribution in [-0.4, -0.2) is 14.7 Å². The lowest BCUT2D eigenvalue weighted by Gasteiger charge is -2.10. The van der Waals surface area contributed by atoms with Crippen LogP contribution in [-0.2, 0) is 4.79 Å². The van der Waals surface area contributed by atoms with Crippen LogP contribution >= 0.6 is 34.8 Å². The number of pyridine rings is 1. The SMILES string of the molecule is O=C(Nc1cccnc1)C(Cl)(Cl)Cl. The standard InChI is InChI=1S/C7H5Cl3N2O/c8-7(9,10)6(13)12-5-2-1-3-11-4-5/h1-4H,(H,12,13). The molecule has 0 radical (unpaired) electrons. The van der Waals surface area contributed by atoms with Gasteiger partial charge in [-0.15, -0.1) is 0 Å². The van der Waals surface area contributed by atoms with Gasteiger partial charge in [-0.05, 0) is 12.1 Å². The maximum atomic E-state index is 11.1. The minimum Gasteiger partial charge on any atom is -0.321 e. The fourth-order valence-electron chi connectivity index (χ4n) is 0.639. The van der Waals surface area contributed by atoms with Gasteiger partial charge in [-0.2, -0.15) is 0 Å². The lowest BCUT2D eigenvalue weighted by Crippen LogP contribution is -2.26. The van der Waals surface area contributed by atoms with E-state index in [1.165, 1.54) is 6.20 Å². The van der Waals surface area contributed by atoms with Gasteiger partial charge in [0.05, 0.1) is 11.9 Å². The van der Waals surface area contributed by atoms with Crippen molar-refractivity contribution in [1.82, 2.24) is 4.98 Å². The van der Waals surface area contributed by atoms with Crippen molar-refractivity contribution >= 4 is 46.4 Å². The first-order chi connectivity index (χ1) is 6.00. The summed E-state index contributed by atoms with van der Waals surface area (Å²) < 4.78 is -1.95. The molecule has 0 aliphatic rings. The Balaban J connectivity index is 2.66. The van der Waals surface area contributed by atoms with Gasteiger partial charge in [0.25, 0.3) is 9.70 Å². The number of aromatic nitrogens is 1. The van der Waals surface area contributed by atoms with Gasteiger partial charge in [-0.3, -0.25) is 9.78 Å². The highest BCUT2D eigenvalue weighted by Crippen LogP contribution is 2.27. The first-order valence-corrected chi connectivity index (χ1v) is 4.42. The number of rotatable bonds is 1. The second-order valence-corrected chi connectivity index (χ2v) is 4.47. The molecule has 1 rings (SSSR count). The first-order valence-electron chi connectivity index (χ1n) is 3.28. The molecule has 1 aromatic heterocycles. The minimum atomic E-state index is -1.95. The lowest BCUT2D eigenvalue weighted by atomic mass is 10.4. The van der Waals surface area contributed by atoms with Gasteiger partial charge in [0, 0.05) is 6.20 Å². The summed E-state index contributed by atoms with van der Waals surface area (Å²) >= 11 is 16.0. The summed E-state index contributed by atoms with van der Waals surface area (Å²) in [7, 11) is 0. The summed E-state index contributed by atoms with van der Waals surface area (Å²) in [6.07, 6.45) is 3.03. The van der Waals surface area contributed by atoms with Crippen LogP contribution in [0.5, 0.6) is 0 Å². The summed E-state index contributed by atoms with van der Waals surface area (Å²) in [5, 5.41) is 2.38. The molecule has 0 bridgehead atoms. The van der Waals surface area contributed by atoms with Crippen molar-refractivity contribution in [2.24, 2.45) is 0 Å². The van der Waals surface area contributed by atoms with E-state index in [-0.39, 0.29) is 0 Å². The molecule has 0 aromatic carbocycles. The van der Waals surface area contributed by atoms with Crippen LogP contribution < -0.4 is 5.32 Å². The Hall–Kier alpha value is -0.510. The molecule has 0 atom stereocenters. The summed E-state index contributed by atoms with van der Waals surface area (Å²) in [5.41, 5.74) is 0.485. The number of hydrogen-bond acceptors (Lipinski definition) is 2. The molecule has 0 aliphatic heterocycles. The number of nitrogens with zero attached hydrogens (tertiary/aromatic N) is 1. The van der Waals surface area contributed by atoms with Crippen LogP contribution in [0.4, 0.5) is 5.69 Å². The maximum absolute atomic E-state index is 11.1. The zero-order valence-corrected chi connectivity index (χ0v) is 8.57. The van der Waals surface area contributed by atoms with Gasteiger partial charge in [0.1, 0.15) is 0 Å². The third-order valence-corrected chi connectivity index (χ3v) is 1.69. The molecule has 0 aliphatic carbocycles. The van der Waals surface area contributed by atoms with Crippen LogP contribution in [0.2, 0.25) is 0 Å². The average molecular weight is 239 g/mol. The van der Waals surface area contributed by atoms with Crippen molar-refractivity contribution in [3.8, 4) is 0 Å².